The van der Waals surface area contributed by atoms with Gasteiger partial charge in [-0.05, 0) is 42.5 Å². The number of carbonyl (C=O) groups is 2. The molecule has 0 saturated carbocycles. The zero-order chi connectivity index (χ0) is 21.5. The molecule has 5 rings (SSSR count). The number of anilines is 2. The Balaban J connectivity index is 1.61. The number of hydroxylamine groups is 1. The average molecular weight is 435 g/mol. The van der Waals surface area contributed by atoms with Gasteiger partial charge in [-0.15, -0.1) is 0 Å². The van der Waals surface area contributed by atoms with Crippen LogP contribution in [-0.4, -0.2) is 25.0 Å². The van der Waals surface area contributed by atoms with Crippen molar-refractivity contribution in [2.45, 2.75) is 12.1 Å². The predicted octanol–water partition coefficient (Wildman–Crippen LogP) is 4.40. The Hall–Kier alpha value is -3.35. The number of carbonyl (C=O) groups excluding carboxylic acids is 2. The van der Waals surface area contributed by atoms with Crippen LogP contribution in [0.2, 0.25) is 5.02 Å². The van der Waals surface area contributed by atoms with Crippen molar-refractivity contribution in [1.82, 2.24) is 0 Å². The quantitative estimate of drug-likeness (QED) is 0.570. The summed E-state index contributed by atoms with van der Waals surface area (Å²) < 4.78 is 5.57. The Morgan fingerprint density at radius 2 is 1.52 bits per heavy atom. The van der Waals surface area contributed by atoms with Crippen molar-refractivity contribution in [3.63, 3.8) is 0 Å². The molecule has 2 aliphatic rings. The first kappa shape index (κ1) is 19.6. The maximum atomic E-state index is 13.6. The van der Waals surface area contributed by atoms with E-state index in [2.05, 4.69) is 0 Å². The molecule has 2 heterocycles. The van der Waals surface area contributed by atoms with Gasteiger partial charge in [-0.3, -0.25) is 14.4 Å². The van der Waals surface area contributed by atoms with E-state index < -0.39 is 24.0 Å². The van der Waals surface area contributed by atoms with Crippen LogP contribution < -0.4 is 14.7 Å². The second-order valence-corrected chi connectivity index (χ2v) is 7.82. The minimum Gasteiger partial charge on any atom is -0.496 e. The number of rotatable bonds is 4. The van der Waals surface area contributed by atoms with Gasteiger partial charge in [0.25, 0.3) is 5.91 Å². The SMILES string of the molecule is COc1ccccc1[C@@H]1[C@H]2C(=O)N(c3ccc(Cl)cc3)C(=O)[C@@H]2ON1c1ccccc1. The lowest BCUT2D eigenvalue weighted by atomic mass is 9.90. The van der Waals surface area contributed by atoms with Crippen LogP contribution in [0.1, 0.15) is 11.6 Å². The maximum Gasteiger partial charge on any atom is 0.266 e. The number of imide groups is 1. The Morgan fingerprint density at radius 3 is 2.23 bits per heavy atom. The van der Waals surface area contributed by atoms with Crippen LogP contribution in [-0.2, 0) is 14.4 Å². The number of para-hydroxylation sites is 2. The summed E-state index contributed by atoms with van der Waals surface area (Å²) in [5, 5.41) is 2.18. The molecule has 3 atom stereocenters. The molecule has 7 heteroatoms. The molecule has 2 amide bonds. The fraction of sp³-hybridized carbons (Fsp3) is 0.167. The topological polar surface area (TPSA) is 59.1 Å². The molecule has 2 fully saturated rings. The molecule has 0 spiro atoms. The van der Waals surface area contributed by atoms with Crippen LogP contribution in [0, 0.1) is 5.92 Å². The first-order chi connectivity index (χ1) is 15.1. The first-order valence-electron chi connectivity index (χ1n) is 9.87. The number of amides is 2. The molecule has 0 unspecified atom stereocenters. The molecule has 0 radical (unpaired) electrons. The zero-order valence-electron chi connectivity index (χ0n) is 16.6. The van der Waals surface area contributed by atoms with Crippen molar-refractivity contribution in [1.29, 1.82) is 0 Å². The third-order valence-corrected chi connectivity index (χ3v) is 5.92. The van der Waals surface area contributed by atoms with Crippen LogP contribution in [0.4, 0.5) is 11.4 Å². The Morgan fingerprint density at radius 1 is 0.839 bits per heavy atom. The van der Waals surface area contributed by atoms with Gasteiger partial charge < -0.3 is 4.74 Å². The highest BCUT2D eigenvalue weighted by Crippen LogP contribution is 2.49. The summed E-state index contributed by atoms with van der Waals surface area (Å²) in [7, 11) is 1.58. The molecule has 2 aliphatic heterocycles. The highest BCUT2D eigenvalue weighted by atomic mass is 35.5. The fourth-order valence-electron chi connectivity index (χ4n) is 4.28. The number of ether oxygens (including phenoxy) is 1. The summed E-state index contributed by atoms with van der Waals surface area (Å²) in [4.78, 5) is 34.2. The van der Waals surface area contributed by atoms with Gasteiger partial charge in [0.05, 0.1) is 24.5 Å². The summed E-state index contributed by atoms with van der Waals surface area (Å²) >= 11 is 5.98. The molecule has 3 aromatic carbocycles. The molecule has 6 nitrogen and oxygen atoms in total. The number of hydrogen-bond donors (Lipinski definition) is 0. The number of methoxy groups -OCH3 is 1. The van der Waals surface area contributed by atoms with Crippen molar-refractivity contribution in [2.75, 3.05) is 17.1 Å². The number of fused-ring (bicyclic) bond motifs is 1. The number of hydrogen-bond acceptors (Lipinski definition) is 5. The Labute approximate surface area is 184 Å². The van der Waals surface area contributed by atoms with E-state index in [0.717, 1.165) is 11.3 Å². The molecule has 3 aromatic rings. The third-order valence-electron chi connectivity index (χ3n) is 5.67. The summed E-state index contributed by atoms with van der Waals surface area (Å²) in [5.41, 5.74) is 2.01. The summed E-state index contributed by atoms with van der Waals surface area (Å²) in [6, 6.07) is 23.0. The van der Waals surface area contributed by atoms with Gasteiger partial charge in [-0.1, -0.05) is 48.0 Å². The van der Waals surface area contributed by atoms with Gasteiger partial charge in [-0.25, -0.2) is 9.96 Å². The van der Waals surface area contributed by atoms with Crippen LogP contribution in [0.3, 0.4) is 0 Å². The molecule has 156 valence electrons. The molecule has 0 N–H and O–H groups in total. The molecule has 31 heavy (non-hydrogen) atoms. The molecule has 0 aromatic heterocycles. The fourth-order valence-corrected chi connectivity index (χ4v) is 4.41. The zero-order valence-corrected chi connectivity index (χ0v) is 17.4. The van der Waals surface area contributed by atoms with E-state index in [1.165, 1.54) is 4.90 Å². The second-order valence-electron chi connectivity index (χ2n) is 7.39. The summed E-state index contributed by atoms with van der Waals surface area (Å²) in [5.74, 6) is -0.801. The highest BCUT2D eigenvalue weighted by Gasteiger charge is 2.60. The molecule has 0 aliphatic carbocycles. The largest absolute Gasteiger partial charge is 0.496 e. The lowest BCUT2D eigenvalue weighted by molar-refractivity contribution is -0.126. The van der Waals surface area contributed by atoms with Crippen molar-refractivity contribution >= 4 is 34.8 Å². The van der Waals surface area contributed by atoms with Crippen molar-refractivity contribution in [3.8, 4) is 5.75 Å². The average Bonchev–Trinajstić information content (AvgIpc) is 3.31. The maximum absolute atomic E-state index is 13.6. The summed E-state index contributed by atoms with van der Waals surface area (Å²) in [6.45, 7) is 0. The van der Waals surface area contributed by atoms with Crippen molar-refractivity contribution in [2.24, 2.45) is 5.92 Å². The van der Waals surface area contributed by atoms with E-state index in [-0.39, 0.29) is 5.91 Å². The predicted molar refractivity (Wildman–Crippen MR) is 117 cm³/mol. The van der Waals surface area contributed by atoms with E-state index in [1.54, 1.807) is 36.4 Å². The van der Waals surface area contributed by atoms with E-state index in [1.807, 2.05) is 54.6 Å². The van der Waals surface area contributed by atoms with E-state index in [9.17, 15) is 9.59 Å². The van der Waals surface area contributed by atoms with E-state index in [4.69, 9.17) is 21.2 Å². The van der Waals surface area contributed by atoms with Crippen LogP contribution in [0.5, 0.6) is 5.75 Å². The third kappa shape index (κ3) is 3.15. The Kier molecular flexibility index (Phi) is 4.88. The molecular weight excluding hydrogens is 416 g/mol. The van der Waals surface area contributed by atoms with Gasteiger partial charge in [0, 0.05) is 10.6 Å². The van der Waals surface area contributed by atoms with Crippen molar-refractivity contribution in [3.05, 3.63) is 89.4 Å². The van der Waals surface area contributed by atoms with Gasteiger partial charge in [0.2, 0.25) is 5.91 Å². The van der Waals surface area contributed by atoms with Crippen molar-refractivity contribution < 1.29 is 19.2 Å². The normalized spacial score (nSPS) is 22.7. The monoisotopic (exact) mass is 434 g/mol. The van der Waals surface area contributed by atoms with Gasteiger partial charge in [0.15, 0.2) is 6.10 Å². The number of benzene rings is 3. The highest BCUT2D eigenvalue weighted by molar-refractivity contribution is 6.31. The van der Waals surface area contributed by atoms with Crippen LogP contribution in [0.25, 0.3) is 0 Å². The first-order valence-corrected chi connectivity index (χ1v) is 10.3. The molecular formula is C24H19ClN2O4. The second kappa shape index (κ2) is 7.72. The van der Waals surface area contributed by atoms with E-state index >= 15 is 0 Å². The lowest BCUT2D eigenvalue weighted by Crippen LogP contribution is -2.37. The van der Waals surface area contributed by atoms with E-state index in [0.29, 0.717) is 16.5 Å². The smallest absolute Gasteiger partial charge is 0.266 e. The number of halogens is 1. The number of nitrogens with zero attached hydrogens (tertiary/aromatic N) is 2. The van der Waals surface area contributed by atoms with Crippen LogP contribution in [0.15, 0.2) is 78.9 Å². The lowest BCUT2D eigenvalue weighted by Gasteiger charge is -2.29. The van der Waals surface area contributed by atoms with Gasteiger partial charge >= 0.3 is 0 Å². The standard InChI is InChI=1S/C24H19ClN2O4/c1-30-19-10-6-5-9-18(19)21-20-22(31-27(21)17-7-3-2-4-8-17)24(29)26(23(20)28)16-13-11-15(25)12-14-16/h2-14,20-22H,1H3/t20-,21-,22-/m1/s1. The van der Waals surface area contributed by atoms with Gasteiger partial charge in [0.1, 0.15) is 11.7 Å². The summed E-state index contributed by atoms with van der Waals surface area (Å²) in [6.07, 6.45) is -0.932. The van der Waals surface area contributed by atoms with Crippen LogP contribution >= 0.6 is 11.6 Å². The minimum atomic E-state index is -0.932. The Bertz CT molecular complexity index is 1140. The molecule has 2 saturated heterocycles. The minimum absolute atomic E-state index is 0.313. The molecule has 0 bridgehead atoms. The van der Waals surface area contributed by atoms with Gasteiger partial charge in [-0.2, -0.15) is 0 Å².